The highest BCUT2D eigenvalue weighted by Gasteiger charge is 2.18. The van der Waals surface area contributed by atoms with E-state index in [0.717, 1.165) is 17.2 Å². The highest BCUT2D eigenvalue weighted by Crippen LogP contribution is 2.28. The summed E-state index contributed by atoms with van der Waals surface area (Å²) in [5.41, 5.74) is 0.615. The Balaban J connectivity index is 2.10. The van der Waals surface area contributed by atoms with Crippen molar-refractivity contribution >= 4 is 26.6 Å². The van der Waals surface area contributed by atoms with Gasteiger partial charge >= 0.3 is 5.69 Å². The number of nitrogens with one attached hydrogen (secondary N) is 2. The van der Waals surface area contributed by atoms with Crippen molar-refractivity contribution in [2.45, 2.75) is 0 Å². The summed E-state index contributed by atoms with van der Waals surface area (Å²) in [6.45, 7) is 0. The van der Waals surface area contributed by atoms with Crippen molar-refractivity contribution in [2.24, 2.45) is 0 Å². The maximum absolute atomic E-state index is 12.3. The van der Waals surface area contributed by atoms with Crippen LogP contribution in [0.5, 0.6) is 0 Å². The van der Waals surface area contributed by atoms with Gasteiger partial charge in [-0.2, -0.15) is 4.98 Å². The third-order valence-corrected chi connectivity index (χ3v) is 4.62. The van der Waals surface area contributed by atoms with E-state index >= 15 is 0 Å². The van der Waals surface area contributed by atoms with Gasteiger partial charge in [-0.05, 0) is 35.7 Å². The second-order valence-electron chi connectivity index (χ2n) is 6.07. The van der Waals surface area contributed by atoms with E-state index in [1.807, 2.05) is 24.3 Å². The fourth-order valence-corrected chi connectivity index (χ4v) is 3.57. The summed E-state index contributed by atoms with van der Waals surface area (Å²) in [7, 11) is -3.45. The first-order chi connectivity index (χ1) is 12.8. The Morgan fingerprint density at radius 1 is 1.04 bits per heavy atom. The fourth-order valence-electron chi connectivity index (χ4n) is 3.02. The lowest BCUT2D eigenvalue weighted by atomic mass is 10.1. The van der Waals surface area contributed by atoms with Crippen molar-refractivity contribution in [3.8, 4) is 17.1 Å². The van der Waals surface area contributed by atoms with Crippen LogP contribution < -0.4 is 16.0 Å². The van der Waals surface area contributed by atoms with E-state index in [9.17, 15) is 18.0 Å². The number of pyridine rings is 1. The first-order valence-corrected chi connectivity index (χ1v) is 9.84. The average molecular weight is 382 g/mol. The Hall–Kier alpha value is -3.46. The molecule has 8 nitrogen and oxygen atoms in total. The lowest BCUT2D eigenvalue weighted by Crippen LogP contribution is -2.27. The van der Waals surface area contributed by atoms with Gasteiger partial charge < -0.3 is 0 Å². The van der Waals surface area contributed by atoms with Crippen LogP contribution in [-0.4, -0.2) is 29.2 Å². The minimum Gasteiger partial charge on any atom is -0.294 e. The number of rotatable bonds is 3. The normalized spacial score (nSPS) is 11.7. The number of nitrogens with zero attached hydrogens (tertiary/aromatic N) is 2. The van der Waals surface area contributed by atoms with Crippen molar-refractivity contribution < 1.29 is 8.42 Å². The lowest BCUT2D eigenvalue weighted by molar-refractivity contribution is 0.607. The van der Waals surface area contributed by atoms with Crippen LogP contribution in [0.3, 0.4) is 0 Å². The summed E-state index contributed by atoms with van der Waals surface area (Å²) in [6.07, 6.45) is 1.06. The number of anilines is 1. The Bertz CT molecular complexity index is 1370. The SMILES string of the molecule is CS(=O)(=O)Nc1cccc(-n2c3nc(=O)[nH]c(=O)c-3cc3ccccc32)c1. The third kappa shape index (κ3) is 3.20. The lowest BCUT2D eigenvalue weighted by Gasteiger charge is -2.18. The van der Waals surface area contributed by atoms with E-state index in [-0.39, 0.29) is 11.4 Å². The zero-order valence-corrected chi connectivity index (χ0v) is 14.9. The summed E-state index contributed by atoms with van der Waals surface area (Å²) in [5, 5.41) is 0.775. The molecule has 2 aliphatic heterocycles. The molecule has 0 saturated carbocycles. The van der Waals surface area contributed by atoms with E-state index in [2.05, 4.69) is 14.7 Å². The Labute approximate surface area is 153 Å². The summed E-state index contributed by atoms with van der Waals surface area (Å²) < 4.78 is 27.2. The molecule has 4 rings (SSSR count). The summed E-state index contributed by atoms with van der Waals surface area (Å²) in [5.74, 6) is 0.193. The molecule has 0 atom stereocenters. The van der Waals surface area contributed by atoms with Crippen LogP contribution in [0.2, 0.25) is 0 Å². The average Bonchev–Trinajstić information content (AvgIpc) is 2.59. The highest BCUT2D eigenvalue weighted by molar-refractivity contribution is 7.92. The second kappa shape index (κ2) is 6.06. The van der Waals surface area contributed by atoms with Crippen molar-refractivity contribution in [2.75, 3.05) is 11.0 Å². The first-order valence-electron chi connectivity index (χ1n) is 7.95. The predicted octanol–water partition coefficient (Wildman–Crippen LogP) is 1.55. The van der Waals surface area contributed by atoms with Crippen LogP contribution in [0.25, 0.3) is 28.0 Å². The van der Waals surface area contributed by atoms with Gasteiger partial charge in [0.2, 0.25) is 10.0 Å². The van der Waals surface area contributed by atoms with E-state index < -0.39 is 21.3 Å². The largest absolute Gasteiger partial charge is 0.349 e. The molecule has 27 heavy (non-hydrogen) atoms. The number of sulfonamides is 1. The van der Waals surface area contributed by atoms with E-state index in [1.165, 1.54) is 0 Å². The van der Waals surface area contributed by atoms with Gasteiger partial charge in [0.15, 0.2) is 5.82 Å². The Morgan fingerprint density at radius 2 is 1.81 bits per heavy atom. The first kappa shape index (κ1) is 17.0. The Morgan fingerprint density at radius 3 is 2.59 bits per heavy atom. The van der Waals surface area contributed by atoms with Gasteiger partial charge in [0.25, 0.3) is 5.56 Å². The standard InChI is InChI=1S/C18H14N4O4S/c1-27(25,26)21-12-6-4-7-13(10-12)22-15-8-3-2-5-11(15)9-14-16(22)19-18(24)20-17(14)23/h2-10,21H,1H3,(H,20,23,24). The number of hydrogen-bond acceptors (Lipinski definition) is 5. The molecule has 2 aliphatic rings. The number of benzene rings is 2. The van der Waals surface area contributed by atoms with Gasteiger partial charge in [-0.3, -0.25) is 19.1 Å². The van der Waals surface area contributed by atoms with Crippen molar-refractivity contribution in [3.05, 3.63) is 75.4 Å². The highest BCUT2D eigenvalue weighted by atomic mass is 32.2. The van der Waals surface area contributed by atoms with E-state index in [0.29, 0.717) is 11.4 Å². The fraction of sp³-hybridized carbons (Fsp3) is 0.0556. The molecular formula is C18H14N4O4S. The number of fused-ring (bicyclic) bond motifs is 2. The molecule has 0 fully saturated rings. The van der Waals surface area contributed by atoms with Gasteiger partial charge in [0.05, 0.1) is 23.0 Å². The second-order valence-corrected chi connectivity index (χ2v) is 7.82. The molecular weight excluding hydrogens is 368 g/mol. The number of hydrogen-bond donors (Lipinski definition) is 2. The van der Waals surface area contributed by atoms with Gasteiger partial charge in [0, 0.05) is 5.69 Å². The van der Waals surface area contributed by atoms with Crippen LogP contribution >= 0.6 is 0 Å². The van der Waals surface area contributed by atoms with Crippen molar-refractivity contribution in [1.82, 2.24) is 14.5 Å². The molecule has 2 aromatic carbocycles. The van der Waals surface area contributed by atoms with Gasteiger partial charge in [-0.15, -0.1) is 0 Å². The topological polar surface area (TPSA) is 114 Å². The molecule has 9 heteroatoms. The molecule has 136 valence electrons. The number of aromatic amines is 1. The molecule has 0 radical (unpaired) electrons. The maximum Gasteiger partial charge on any atom is 0.349 e. The zero-order chi connectivity index (χ0) is 19.2. The molecule has 0 amide bonds. The minimum atomic E-state index is -3.45. The van der Waals surface area contributed by atoms with Crippen LogP contribution in [0, 0.1) is 0 Å². The van der Waals surface area contributed by atoms with Crippen LogP contribution in [0.15, 0.2) is 64.2 Å². The zero-order valence-electron chi connectivity index (χ0n) is 14.1. The molecule has 0 unspecified atom stereocenters. The van der Waals surface area contributed by atoms with Crippen LogP contribution in [-0.2, 0) is 10.0 Å². The summed E-state index contributed by atoms with van der Waals surface area (Å²) >= 11 is 0. The van der Waals surface area contributed by atoms with Crippen LogP contribution in [0.4, 0.5) is 5.69 Å². The van der Waals surface area contributed by atoms with Gasteiger partial charge in [-0.1, -0.05) is 24.3 Å². The number of aromatic nitrogens is 3. The van der Waals surface area contributed by atoms with Crippen molar-refractivity contribution in [3.63, 3.8) is 0 Å². The van der Waals surface area contributed by atoms with E-state index in [4.69, 9.17) is 0 Å². The quantitative estimate of drug-likeness (QED) is 0.522. The maximum atomic E-state index is 12.3. The smallest absolute Gasteiger partial charge is 0.294 e. The number of para-hydroxylation sites is 1. The molecule has 0 saturated heterocycles. The van der Waals surface area contributed by atoms with Crippen molar-refractivity contribution in [1.29, 1.82) is 0 Å². The molecule has 0 aromatic heterocycles. The monoisotopic (exact) mass is 382 g/mol. The van der Waals surface area contributed by atoms with Gasteiger partial charge in [-0.25, -0.2) is 13.2 Å². The Kier molecular flexibility index (Phi) is 3.81. The molecule has 0 aliphatic carbocycles. The molecule has 2 heterocycles. The summed E-state index contributed by atoms with van der Waals surface area (Å²) in [6, 6.07) is 15.6. The molecule has 0 spiro atoms. The predicted molar refractivity (Wildman–Crippen MR) is 103 cm³/mol. The van der Waals surface area contributed by atoms with Crippen LogP contribution in [0.1, 0.15) is 0 Å². The number of H-pyrrole nitrogens is 1. The molecule has 2 N–H and O–H groups in total. The van der Waals surface area contributed by atoms with Gasteiger partial charge in [0.1, 0.15) is 0 Å². The van der Waals surface area contributed by atoms with E-state index in [1.54, 1.807) is 34.9 Å². The molecule has 2 aromatic rings. The molecule has 0 bridgehead atoms. The third-order valence-electron chi connectivity index (χ3n) is 4.01. The summed E-state index contributed by atoms with van der Waals surface area (Å²) in [4.78, 5) is 30.2. The minimum absolute atomic E-state index is 0.193.